The molecular formula is C13H10ClFO3S. The van der Waals surface area contributed by atoms with Crippen molar-refractivity contribution in [2.75, 3.05) is 0 Å². The standard InChI is InChI=1S/C13H10ClFO3S/c1-9-6-7-10(14)8-13(9)19(16,17)18-12-5-3-2-4-11(12)15/h2-8H,1H3. The molecule has 0 aliphatic rings. The van der Waals surface area contributed by atoms with Crippen LogP contribution in [-0.2, 0) is 10.1 Å². The number of para-hydroxylation sites is 1. The highest BCUT2D eigenvalue weighted by Crippen LogP contribution is 2.25. The minimum atomic E-state index is -4.11. The zero-order valence-electron chi connectivity index (χ0n) is 9.93. The Hall–Kier alpha value is -1.59. The van der Waals surface area contributed by atoms with Crippen molar-refractivity contribution in [3.63, 3.8) is 0 Å². The van der Waals surface area contributed by atoms with E-state index in [1.807, 2.05) is 0 Å². The van der Waals surface area contributed by atoms with Crippen molar-refractivity contribution >= 4 is 21.7 Å². The van der Waals surface area contributed by atoms with Crippen molar-refractivity contribution in [3.8, 4) is 5.75 Å². The third-order valence-corrected chi connectivity index (χ3v) is 4.07. The van der Waals surface area contributed by atoms with Crippen LogP contribution < -0.4 is 4.18 Å². The van der Waals surface area contributed by atoms with E-state index in [9.17, 15) is 12.8 Å². The van der Waals surface area contributed by atoms with Crippen molar-refractivity contribution < 1.29 is 17.0 Å². The van der Waals surface area contributed by atoms with Crippen molar-refractivity contribution in [2.24, 2.45) is 0 Å². The quantitative estimate of drug-likeness (QED) is 0.814. The average molecular weight is 301 g/mol. The minimum Gasteiger partial charge on any atom is -0.376 e. The van der Waals surface area contributed by atoms with Gasteiger partial charge in [-0.1, -0.05) is 29.8 Å². The average Bonchev–Trinajstić information content (AvgIpc) is 2.35. The summed E-state index contributed by atoms with van der Waals surface area (Å²) in [4.78, 5) is -0.0803. The van der Waals surface area contributed by atoms with E-state index >= 15 is 0 Å². The van der Waals surface area contributed by atoms with Gasteiger partial charge in [0.1, 0.15) is 4.90 Å². The number of aryl methyl sites for hydroxylation is 1. The van der Waals surface area contributed by atoms with Crippen LogP contribution in [0.15, 0.2) is 47.4 Å². The number of rotatable bonds is 3. The molecule has 0 bridgehead atoms. The molecule has 0 heterocycles. The van der Waals surface area contributed by atoms with E-state index < -0.39 is 15.9 Å². The van der Waals surface area contributed by atoms with E-state index in [-0.39, 0.29) is 15.7 Å². The van der Waals surface area contributed by atoms with E-state index in [0.29, 0.717) is 5.56 Å². The van der Waals surface area contributed by atoms with Crippen molar-refractivity contribution in [3.05, 3.63) is 58.9 Å². The molecule has 2 rings (SSSR count). The summed E-state index contributed by atoms with van der Waals surface area (Å²) in [6.45, 7) is 1.61. The molecule has 0 N–H and O–H groups in total. The van der Waals surface area contributed by atoms with E-state index in [1.165, 1.54) is 24.3 Å². The lowest BCUT2D eigenvalue weighted by molar-refractivity contribution is 0.461. The van der Waals surface area contributed by atoms with Gasteiger partial charge in [0.05, 0.1) is 0 Å². The maximum atomic E-state index is 13.4. The second kappa shape index (κ2) is 5.19. The zero-order chi connectivity index (χ0) is 14.0. The van der Waals surface area contributed by atoms with Gasteiger partial charge >= 0.3 is 10.1 Å². The van der Waals surface area contributed by atoms with Gasteiger partial charge in [0.15, 0.2) is 11.6 Å². The highest BCUT2D eigenvalue weighted by Gasteiger charge is 2.21. The lowest BCUT2D eigenvalue weighted by Gasteiger charge is -2.10. The predicted molar refractivity (Wildman–Crippen MR) is 70.4 cm³/mol. The predicted octanol–water partition coefficient (Wildman–Crippen LogP) is 3.56. The first-order valence-electron chi connectivity index (χ1n) is 5.35. The number of hydrogen-bond acceptors (Lipinski definition) is 3. The number of hydrogen-bond donors (Lipinski definition) is 0. The summed E-state index contributed by atoms with van der Waals surface area (Å²) in [5.74, 6) is -1.09. The van der Waals surface area contributed by atoms with Gasteiger partial charge in [-0.05, 0) is 36.8 Å². The molecule has 0 saturated carbocycles. The maximum absolute atomic E-state index is 13.4. The minimum absolute atomic E-state index is 0.0803. The number of halogens is 2. The summed E-state index contributed by atoms with van der Waals surface area (Å²) < 4.78 is 42.4. The molecule has 0 atom stereocenters. The molecule has 2 aromatic rings. The fourth-order valence-electron chi connectivity index (χ4n) is 1.52. The van der Waals surface area contributed by atoms with Crippen LogP contribution in [0.5, 0.6) is 5.75 Å². The topological polar surface area (TPSA) is 43.4 Å². The smallest absolute Gasteiger partial charge is 0.339 e. The lowest BCUT2D eigenvalue weighted by Crippen LogP contribution is -2.12. The van der Waals surface area contributed by atoms with Crippen molar-refractivity contribution in [1.82, 2.24) is 0 Å². The van der Waals surface area contributed by atoms with Gasteiger partial charge in [0.25, 0.3) is 0 Å². The van der Waals surface area contributed by atoms with Gasteiger partial charge in [-0.25, -0.2) is 4.39 Å². The normalized spacial score (nSPS) is 11.3. The van der Waals surface area contributed by atoms with Crippen LogP contribution in [0.2, 0.25) is 5.02 Å². The molecule has 0 amide bonds. The Labute approximate surface area is 115 Å². The molecule has 0 radical (unpaired) electrons. The van der Waals surface area contributed by atoms with Gasteiger partial charge in [-0.3, -0.25) is 0 Å². The van der Waals surface area contributed by atoms with Gasteiger partial charge < -0.3 is 4.18 Å². The van der Waals surface area contributed by atoms with Crippen LogP contribution in [0.3, 0.4) is 0 Å². The van der Waals surface area contributed by atoms with Gasteiger partial charge in [-0.2, -0.15) is 8.42 Å². The van der Waals surface area contributed by atoms with Crippen LogP contribution in [0, 0.1) is 12.7 Å². The van der Waals surface area contributed by atoms with Crippen LogP contribution in [0.4, 0.5) is 4.39 Å². The SMILES string of the molecule is Cc1ccc(Cl)cc1S(=O)(=O)Oc1ccccc1F. The summed E-state index contributed by atoms with van der Waals surface area (Å²) in [5, 5.41) is 0.265. The molecule has 0 aromatic heterocycles. The Morgan fingerprint density at radius 1 is 1.16 bits per heavy atom. The van der Waals surface area contributed by atoms with Gasteiger partial charge in [-0.15, -0.1) is 0 Å². The van der Waals surface area contributed by atoms with Crippen LogP contribution in [-0.4, -0.2) is 8.42 Å². The molecule has 100 valence electrons. The first-order valence-corrected chi connectivity index (χ1v) is 7.14. The summed E-state index contributed by atoms with van der Waals surface area (Å²) in [6, 6.07) is 9.69. The Kier molecular flexibility index (Phi) is 3.78. The van der Waals surface area contributed by atoms with Gasteiger partial charge in [0.2, 0.25) is 0 Å². The van der Waals surface area contributed by atoms with Crippen LogP contribution in [0.25, 0.3) is 0 Å². The molecule has 0 aliphatic carbocycles. The highest BCUT2D eigenvalue weighted by molar-refractivity contribution is 7.87. The molecule has 0 saturated heterocycles. The second-order valence-corrected chi connectivity index (χ2v) is 5.83. The maximum Gasteiger partial charge on any atom is 0.339 e. The summed E-state index contributed by atoms with van der Waals surface area (Å²) in [6.07, 6.45) is 0. The summed E-state index contributed by atoms with van der Waals surface area (Å²) >= 11 is 5.76. The van der Waals surface area contributed by atoms with Gasteiger partial charge in [0, 0.05) is 5.02 Å². The molecular weight excluding hydrogens is 291 g/mol. The Morgan fingerprint density at radius 3 is 2.53 bits per heavy atom. The highest BCUT2D eigenvalue weighted by atomic mass is 35.5. The summed E-state index contributed by atoms with van der Waals surface area (Å²) in [5.41, 5.74) is 0.473. The molecule has 2 aromatic carbocycles. The Balaban J connectivity index is 2.44. The lowest BCUT2D eigenvalue weighted by atomic mass is 10.2. The zero-order valence-corrected chi connectivity index (χ0v) is 11.5. The fourth-order valence-corrected chi connectivity index (χ4v) is 2.95. The first-order chi connectivity index (χ1) is 8.90. The van der Waals surface area contributed by atoms with Crippen molar-refractivity contribution in [1.29, 1.82) is 0 Å². The second-order valence-electron chi connectivity index (χ2n) is 3.88. The molecule has 19 heavy (non-hydrogen) atoms. The molecule has 0 fully saturated rings. The third kappa shape index (κ3) is 3.05. The van der Waals surface area contributed by atoms with E-state index in [0.717, 1.165) is 6.07 Å². The molecule has 0 unspecified atom stereocenters. The van der Waals surface area contributed by atoms with Crippen LogP contribution in [0.1, 0.15) is 5.56 Å². The Morgan fingerprint density at radius 2 is 1.84 bits per heavy atom. The van der Waals surface area contributed by atoms with Crippen molar-refractivity contribution in [2.45, 2.75) is 11.8 Å². The fraction of sp³-hybridized carbons (Fsp3) is 0.0769. The van der Waals surface area contributed by atoms with E-state index in [1.54, 1.807) is 19.1 Å². The third-order valence-electron chi connectivity index (χ3n) is 2.46. The van der Waals surface area contributed by atoms with E-state index in [2.05, 4.69) is 0 Å². The first kappa shape index (κ1) is 13.8. The Bertz CT molecular complexity index is 714. The largest absolute Gasteiger partial charge is 0.376 e. The monoisotopic (exact) mass is 300 g/mol. The van der Waals surface area contributed by atoms with E-state index in [4.69, 9.17) is 15.8 Å². The molecule has 6 heteroatoms. The molecule has 0 spiro atoms. The van der Waals surface area contributed by atoms with Crippen LogP contribution >= 0.6 is 11.6 Å². The number of benzene rings is 2. The summed E-state index contributed by atoms with van der Waals surface area (Å²) in [7, 11) is -4.11. The molecule has 0 aliphatic heterocycles. The molecule has 3 nitrogen and oxygen atoms in total.